The normalized spacial score (nSPS) is 10.9. The number of rotatable bonds is 6. The molecule has 1 amide bonds. The van der Waals surface area contributed by atoms with Gasteiger partial charge in [-0.2, -0.15) is 13.9 Å². The molecule has 1 aromatic heterocycles. The van der Waals surface area contributed by atoms with Gasteiger partial charge in [-0.1, -0.05) is 23.7 Å². The summed E-state index contributed by atoms with van der Waals surface area (Å²) in [5.41, 5.74) is 1.64. The molecule has 0 saturated heterocycles. The lowest BCUT2D eigenvalue weighted by Crippen LogP contribution is -2.23. The van der Waals surface area contributed by atoms with E-state index in [4.69, 9.17) is 11.6 Å². The smallest absolute Gasteiger partial charge is 0.387 e. The SMILES string of the molecule is Cc1nn(-c2ccc(F)cc2)c(Cl)c1C(=O)NCc1cccc(OC(F)F)c1. The van der Waals surface area contributed by atoms with Crippen molar-refractivity contribution in [3.8, 4) is 11.4 Å². The summed E-state index contributed by atoms with van der Waals surface area (Å²) in [5, 5.41) is 6.98. The minimum Gasteiger partial charge on any atom is -0.435 e. The lowest BCUT2D eigenvalue weighted by atomic mass is 10.2. The molecule has 0 fully saturated rings. The van der Waals surface area contributed by atoms with Crippen LogP contribution in [0.4, 0.5) is 13.2 Å². The van der Waals surface area contributed by atoms with E-state index in [1.807, 2.05) is 0 Å². The third kappa shape index (κ3) is 4.45. The highest BCUT2D eigenvalue weighted by Gasteiger charge is 2.21. The van der Waals surface area contributed by atoms with Crippen molar-refractivity contribution < 1.29 is 22.7 Å². The van der Waals surface area contributed by atoms with E-state index in [0.717, 1.165) is 0 Å². The van der Waals surface area contributed by atoms with E-state index in [1.165, 1.54) is 41.1 Å². The number of benzene rings is 2. The minimum atomic E-state index is -2.93. The average Bonchev–Trinajstić information content (AvgIpc) is 2.94. The number of carbonyl (C=O) groups is 1. The molecule has 9 heteroatoms. The van der Waals surface area contributed by atoms with Gasteiger partial charge in [0.2, 0.25) is 0 Å². The Bertz CT molecular complexity index is 991. The summed E-state index contributed by atoms with van der Waals surface area (Å²) in [5.74, 6) is -0.879. The van der Waals surface area contributed by atoms with E-state index in [9.17, 15) is 18.0 Å². The number of alkyl halides is 2. The van der Waals surface area contributed by atoms with E-state index in [0.29, 0.717) is 16.9 Å². The Balaban J connectivity index is 1.75. The van der Waals surface area contributed by atoms with E-state index >= 15 is 0 Å². The molecule has 0 aliphatic carbocycles. The van der Waals surface area contributed by atoms with Gasteiger partial charge in [0.1, 0.15) is 16.7 Å². The Morgan fingerprint density at radius 2 is 1.96 bits per heavy atom. The van der Waals surface area contributed by atoms with Gasteiger partial charge in [-0.25, -0.2) is 9.07 Å². The zero-order valence-electron chi connectivity index (χ0n) is 14.6. The van der Waals surface area contributed by atoms with Gasteiger partial charge in [0.05, 0.1) is 16.9 Å². The van der Waals surface area contributed by atoms with Crippen molar-refractivity contribution in [2.24, 2.45) is 0 Å². The second kappa shape index (κ2) is 8.35. The Hall–Kier alpha value is -3.00. The fourth-order valence-corrected chi connectivity index (χ4v) is 2.97. The molecular formula is C19H15ClF3N3O2. The Morgan fingerprint density at radius 1 is 1.25 bits per heavy atom. The first kappa shape index (κ1) is 19.8. The van der Waals surface area contributed by atoms with Gasteiger partial charge in [-0.05, 0) is 48.9 Å². The maximum absolute atomic E-state index is 13.1. The Morgan fingerprint density at radius 3 is 2.64 bits per heavy atom. The standard InChI is InChI=1S/C19H15ClF3N3O2/c1-11-16(17(20)26(25-11)14-7-5-13(21)6-8-14)18(27)24-10-12-3-2-4-15(9-12)28-19(22)23/h2-9,19H,10H2,1H3,(H,24,27). The zero-order valence-corrected chi connectivity index (χ0v) is 15.4. The second-order valence-electron chi connectivity index (χ2n) is 5.85. The fourth-order valence-electron chi connectivity index (χ4n) is 2.61. The zero-order chi connectivity index (χ0) is 20.3. The first-order valence-corrected chi connectivity index (χ1v) is 8.56. The van der Waals surface area contributed by atoms with Crippen molar-refractivity contribution in [2.75, 3.05) is 0 Å². The number of hydrogen-bond acceptors (Lipinski definition) is 3. The quantitative estimate of drug-likeness (QED) is 0.652. The van der Waals surface area contributed by atoms with Crippen LogP contribution < -0.4 is 10.1 Å². The number of aromatic nitrogens is 2. The van der Waals surface area contributed by atoms with E-state index in [-0.39, 0.29) is 23.0 Å². The number of halogens is 4. The van der Waals surface area contributed by atoms with Gasteiger partial charge in [-0.3, -0.25) is 4.79 Å². The molecule has 28 heavy (non-hydrogen) atoms. The van der Waals surface area contributed by atoms with Gasteiger partial charge < -0.3 is 10.1 Å². The van der Waals surface area contributed by atoms with Crippen LogP contribution in [0.5, 0.6) is 5.75 Å². The van der Waals surface area contributed by atoms with Crippen LogP contribution in [0.3, 0.4) is 0 Å². The van der Waals surface area contributed by atoms with Crippen molar-refractivity contribution in [3.63, 3.8) is 0 Å². The van der Waals surface area contributed by atoms with Crippen molar-refractivity contribution in [3.05, 3.63) is 76.3 Å². The van der Waals surface area contributed by atoms with E-state index < -0.39 is 18.3 Å². The topological polar surface area (TPSA) is 56.2 Å². The second-order valence-corrected chi connectivity index (χ2v) is 6.21. The number of carbonyl (C=O) groups excluding carboxylic acids is 1. The van der Waals surface area contributed by atoms with Crippen LogP contribution in [0.25, 0.3) is 5.69 Å². The summed E-state index contributed by atoms with van der Waals surface area (Å²) in [6.07, 6.45) is 0. The number of ether oxygens (including phenoxy) is 1. The Labute approximate surface area is 163 Å². The number of amides is 1. The number of nitrogens with zero attached hydrogens (tertiary/aromatic N) is 2. The molecule has 0 bridgehead atoms. The molecule has 2 aromatic carbocycles. The van der Waals surface area contributed by atoms with Crippen LogP contribution in [0.1, 0.15) is 21.6 Å². The summed E-state index contributed by atoms with van der Waals surface area (Å²) in [7, 11) is 0. The number of hydrogen-bond donors (Lipinski definition) is 1. The molecule has 0 saturated carbocycles. The molecule has 0 spiro atoms. The summed E-state index contributed by atoms with van der Waals surface area (Å²) in [4.78, 5) is 12.6. The number of nitrogens with one attached hydrogen (secondary N) is 1. The van der Waals surface area contributed by atoms with Gasteiger partial charge in [0.15, 0.2) is 0 Å². The van der Waals surface area contributed by atoms with Crippen LogP contribution in [-0.4, -0.2) is 22.3 Å². The summed E-state index contributed by atoms with van der Waals surface area (Å²) < 4.78 is 43.4. The lowest BCUT2D eigenvalue weighted by molar-refractivity contribution is -0.0498. The first-order valence-electron chi connectivity index (χ1n) is 8.18. The van der Waals surface area contributed by atoms with Gasteiger partial charge in [-0.15, -0.1) is 0 Å². The highest BCUT2D eigenvalue weighted by molar-refractivity contribution is 6.33. The van der Waals surface area contributed by atoms with Gasteiger partial charge in [0, 0.05) is 6.54 Å². The molecule has 0 atom stereocenters. The highest BCUT2D eigenvalue weighted by Crippen LogP contribution is 2.24. The lowest BCUT2D eigenvalue weighted by Gasteiger charge is -2.08. The Kier molecular flexibility index (Phi) is 5.89. The monoisotopic (exact) mass is 409 g/mol. The van der Waals surface area contributed by atoms with Crippen LogP contribution >= 0.6 is 11.6 Å². The van der Waals surface area contributed by atoms with Gasteiger partial charge in [0.25, 0.3) is 5.91 Å². The van der Waals surface area contributed by atoms with Crippen LogP contribution in [0.2, 0.25) is 5.15 Å². The molecule has 1 N–H and O–H groups in total. The van der Waals surface area contributed by atoms with Crippen LogP contribution in [0.15, 0.2) is 48.5 Å². The summed E-state index contributed by atoms with van der Waals surface area (Å²) in [6, 6.07) is 11.5. The van der Waals surface area contributed by atoms with Crippen LogP contribution in [-0.2, 0) is 6.54 Å². The minimum absolute atomic E-state index is 0.0000846. The molecule has 5 nitrogen and oxygen atoms in total. The fraction of sp³-hybridized carbons (Fsp3) is 0.158. The molecule has 0 radical (unpaired) electrons. The molecule has 0 aliphatic heterocycles. The maximum Gasteiger partial charge on any atom is 0.387 e. The van der Waals surface area contributed by atoms with E-state index in [2.05, 4.69) is 15.2 Å². The molecule has 0 aliphatic rings. The van der Waals surface area contributed by atoms with Gasteiger partial charge >= 0.3 is 6.61 Å². The molecule has 0 unspecified atom stereocenters. The highest BCUT2D eigenvalue weighted by atomic mass is 35.5. The molecule has 3 rings (SSSR count). The van der Waals surface area contributed by atoms with Crippen molar-refractivity contribution in [1.29, 1.82) is 0 Å². The van der Waals surface area contributed by atoms with E-state index in [1.54, 1.807) is 19.1 Å². The van der Waals surface area contributed by atoms with Crippen molar-refractivity contribution in [1.82, 2.24) is 15.1 Å². The third-order valence-corrected chi connectivity index (χ3v) is 4.23. The largest absolute Gasteiger partial charge is 0.435 e. The van der Waals surface area contributed by atoms with Crippen LogP contribution in [0, 0.1) is 12.7 Å². The summed E-state index contributed by atoms with van der Waals surface area (Å²) >= 11 is 6.31. The number of aryl methyl sites for hydroxylation is 1. The molecule has 3 aromatic rings. The average molecular weight is 410 g/mol. The summed E-state index contributed by atoms with van der Waals surface area (Å²) in [6.45, 7) is -1.22. The molecule has 146 valence electrons. The first-order chi connectivity index (χ1) is 13.3. The molecule has 1 heterocycles. The van der Waals surface area contributed by atoms with Crippen molar-refractivity contribution in [2.45, 2.75) is 20.1 Å². The predicted octanol–water partition coefficient (Wildman–Crippen LogP) is 4.50. The third-order valence-electron chi connectivity index (χ3n) is 3.88. The molecular weight excluding hydrogens is 395 g/mol. The predicted molar refractivity (Wildman–Crippen MR) is 97.5 cm³/mol. The maximum atomic E-state index is 13.1. The van der Waals surface area contributed by atoms with Crippen molar-refractivity contribution >= 4 is 17.5 Å².